The molecule has 4 rings (SSSR count). The lowest BCUT2D eigenvalue weighted by Crippen LogP contribution is -2.38. The van der Waals surface area contributed by atoms with E-state index in [0.717, 1.165) is 23.1 Å². The van der Waals surface area contributed by atoms with Crippen molar-refractivity contribution in [3.05, 3.63) is 82.5 Å². The number of benzene rings is 1. The van der Waals surface area contributed by atoms with Gasteiger partial charge in [0.15, 0.2) is 0 Å². The largest absolute Gasteiger partial charge is 0.341 e. The number of carbonyl (C=O) groups excluding carboxylic acids is 2. The summed E-state index contributed by atoms with van der Waals surface area (Å²) in [7, 11) is 0. The monoisotopic (exact) mass is 445 g/mol. The van der Waals surface area contributed by atoms with Crippen molar-refractivity contribution < 1.29 is 9.59 Å². The SMILES string of the molecule is CCCN1CCN(C(=O)c2ccc(=O)[nH]n2)C[C@H](Cc2ccccc2-c2cccnc2)C1=O. The van der Waals surface area contributed by atoms with Crippen molar-refractivity contribution >= 4 is 11.8 Å². The van der Waals surface area contributed by atoms with Crippen LogP contribution in [0.3, 0.4) is 0 Å². The summed E-state index contributed by atoms with van der Waals surface area (Å²) in [6.45, 7) is 3.88. The van der Waals surface area contributed by atoms with Crippen molar-refractivity contribution in [2.45, 2.75) is 19.8 Å². The molecule has 170 valence electrons. The summed E-state index contributed by atoms with van der Waals surface area (Å²) in [6, 6.07) is 14.6. The molecule has 2 amide bonds. The van der Waals surface area contributed by atoms with Gasteiger partial charge in [-0.3, -0.25) is 19.4 Å². The van der Waals surface area contributed by atoms with Crippen molar-refractivity contribution in [2.24, 2.45) is 5.92 Å². The summed E-state index contributed by atoms with van der Waals surface area (Å²) in [5, 5.41) is 6.20. The van der Waals surface area contributed by atoms with Crippen LogP contribution in [0.2, 0.25) is 0 Å². The molecule has 1 aromatic carbocycles. The molecule has 0 unspecified atom stereocenters. The van der Waals surface area contributed by atoms with E-state index < -0.39 is 0 Å². The molecule has 0 aliphatic carbocycles. The zero-order valence-corrected chi connectivity index (χ0v) is 18.6. The minimum absolute atomic E-state index is 0.0579. The fraction of sp³-hybridized carbons (Fsp3) is 0.320. The number of nitrogens with zero attached hydrogens (tertiary/aromatic N) is 4. The van der Waals surface area contributed by atoms with Gasteiger partial charge in [0.2, 0.25) is 5.91 Å². The molecule has 0 radical (unpaired) electrons. The van der Waals surface area contributed by atoms with Gasteiger partial charge in [0.05, 0.1) is 5.92 Å². The van der Waals surface area contributed by atoms with E-state index in [9.17, 15) is 14.4 Å². The molecule has 0 saturated carbocycles. The maximum atomic E-state index is 13.4. The molecule has 1 N–H and O–H groups in total. The number of pyridine rings is 1. The van der Waals surface area contributed by atoms with Gasteiger partial charge < -0.3 is 9.80 Å². The summed E-state index contributed by atoms with van der Waals surface area (Å²) < 4.78 is 0. The van der Waals surface area contributed by atoms with E-state index in [2.05, 4.69) is 15.2 Å². The quantitative estimate of drug-likeness (QED) is 0.628. The Labute approximate surface area is 192 Å². The van der Waals surface area contributed by atoms with E-state index in [4.69, 9.17) is 0 Å². The van der Waals surface area contributed by atoms with E-state index >= 15 is 0 Å². The molecule has 2 aromatic heterocycles. The predicted octanol–water partition coefficient (Wildman–Crippen LogP) is 2.39. The first-order valence-electron chi connectivity index (χ1n) is 11.2. The Balaban J connectivity index is 1.63. The zero-order valence-electron chi connectivity index (χ0n) is 18.6. The third-order valence-corrected chi connectivity index (χ3v) is 5.88. The summed E-state index contributed by atoms with van der Waals surface area (Å²) in [5.74, 6) is -0.617. The Morgan fingerprint density at radius 1 is 1.09 bits per heavy atom. The van der Waals surface area contributed by atoms with Crippen LogP contribution in [-0.4, -0.2) is 63.0 Å². The lowest BCUT2D eigenvalue weighted by molar-refractivity contribution is -0.134. The second-order valence-electron chi connectivity index (χ2n) is 8.18. The number of hydrogen-bond donors (Lipinski definition) is 1. The number of amides is 2. The Morgan fingerprint density at radius 3 is 2.67 bits per heavy atom. The second kappa shape index (κ2) is 10.2. The van der Waals surface area contributed by atoms with Gasteiger partial charge in [0.1, 0.15) is 5.69 Å². The molecule has 3 heterocycles. The molecule has 33 heavy (non-hydrogen) atoms. The number of aromatic amines is 1. The van der Waals surface area contributed by atoms with Gasteiger partial charge in [-0.05, 0) is 36.1 Å². The Bertz CT molecular complexity index is 1160. The number of H-pyrrole nitrogens is 1. The molecule has 3 aromatic rings. The number of carbonyl (C=O) groups is 2. The molecule has 8 heteroatoms. The molecular formula is C25H27N5O3. The number of nitrogens with one attached hydrogen (secondary N) is 1. The van der Waals surface area contributed by atoms with Crippen LogP contribution in [0.15, 0.2) is 65.7 Å². The number of rotatable bonds is 6. The van der Waals surface area contributed by atoms with Gasteiger partial charge in [0, 0.05) is 50.2 Å². The van der Waals surface area contributed by atoms with Crippen molar-refractivity contribution in [3.63, 3.8) is 0 Å². The highest BCUT2D eigenvalue weighted by Gasteiger charge is 2.33. The standard InChI is InChI=1S/C25H27N5O3/c1-2-12-29-13-14-30(25(33)22-9-10-23(31)28-27-22)17-20(24(29)32)15-18-6-3-4-8-21(18)19-7-5-11-26-16-19/h3-11,16,20H,2,12-15,17H2,1H3,(H,28,31)/t20-/m0/s1. The first-order chi connectivity index (χ1) is 16.1. The van der Waals surface area contributed by atoms with Crippen molar-refractivity contribution in [1.29, 1.82) is 0 Å². The minimum atomic E-state index is -0.386. The summed E-state index contributed by atoms with van der Waals surface area (Å²) in [4.78, 5) is 45.7. The van der Waals surface area contributed by atoms with Gasteiger partial charge >= 0.3 is 0 Å². The summed E-state index contributed by atoms with van der Waals surface area (Å²) >= 11 is 0. The molecule has 1 aliphatic heterocycles. The molecule has 1 aliphatic rings. The molecular weight excluding hydrogens is 418 g/mol. The van der Waals surface area contributed by atoms with E-state index in [0.29, 0.717) is 32.6 Å². The smallest absolute Gasteiger partial charge is 0.274 e. The lowest BCUT2D eigenvalue weighted by atomic mass is 9.91. The summed E-state index contributed by atoms with van der Waals surface area (Å²) in [6.07, 6.45) is 4.90. The van der Waals surface area contributed by atoms with Crippen LogP contribution in [0, 0.1) is 5.92 Å². The molecule has 1 saturated heterocycles. The van der Waals surface area contributed by atoms with E-state index in [1.54, 1.807) is 11.1 Å². The average Bonchev–Trinajstić information content (AvgIpc) is 2.99. The third-order valence-electron chi connectivity index (χ3n) is 5.88. The van der Waals surface area contributed by atoms with E-state index in [1.165, 1.54) is 12.1 Å². The Morgan fingerprint density at radius 2 is 1.94 bits per heavy atom. The first-order valence-corrected chi connectivity index (χ1v) is 11.2. The highest BCUT2D eigenvalue weighted by molar-refractivity contribution is 5.93. The molecule has 1 atom stereocenters. The van der Waals surface area contributed by atoms with Gasteiger partial charge in [-0.2, -0.15) is 5.10 Å². The fourth-order valence-corrected chi connectivity index (χ4v) is 4.27. The van der Waals surface area contributed by atoms with E-state index in [-0.39, 0.29) is 29.0 Å². The highest BCUT2D eigenvalue weighted by atomic mass is 16.2. The number of hydrogen-bond acceptors (Lipinski definition) is 5. The van der Waals surface area contributed by atoms with Crippen LogP contribution in [0.1, 0.15) is 29.4 Å². The molecule has 8 nitrogen and oxygen atoms in total. The normalized spacial score (nSPS) is 16.5. The molecule has 0 spiro atoms. The van der Waals surface area contributed by atoms with Crippen LogP contribution < -0.4 is 5.56 Å². The molecule has 1 fully saturated rings. The van der Waals surface area contributed by atoms with Crippen LogP contribution in [-0.2, 0) is 11.2 Å². The lowest BCUT2D eigenvalue weighted by Gasteiger charge is -2.24. The topological polar surface area (TPSA) is 99.3 Å². The van der Waals surface area contributed by atoms with Crippen molar-refractivity contribution in [2.75, 3.05) is 26.2 Å². The fourth-order valence-electron chi connectivity index (χ4n) is 4.27. The number of aromatic nitrogens is 3. The average molecular weight is 446 g/mol. The highest BCUT2D eigenvalue weighted by Crippen LogP contribution is 2.27. The molecule has 0 bridgehead atoms. The van der Waals surface area contributed by atoms with Gasteiger partial charge in [-0.15, -0.1) is 0 Å². The van der Waals surface area contributed by atoms with Gasteiger partial charge in [-0.1, -0.05) is 37.3 Å². The summed E-state index contributed by atoms with van der Waals surface area (Å²) in [5.41, 5.74) is 2.86. The zero-order chi connectivity index (χ0) is 23.2. The first kappa shape index (κ1) is 22.4. The third kappa shape index (κ3) is 5.16. The maximum Gasteiger partial charge on any atom is 0.274 e. The van der Waals surface area contributed by atoms with E-state index in [1.807, 2.05) is 54.4 Å². The Hall–Kier alpha value is -3.81. The Kier molecular flexibility index (Phi) is 6.92. The van der Waals surface area contributed by atoms with Gasteiger partial charge in [-0.25, -0.2) is 5.10 Å². The van der Waals surface area contributed by atoms with Crippen LogP contribution in [0.5, 0.6) is 0 Å². The van der Waals surface area contributed by atoms with Crippen molar-refractivity contribution in [3.8, 4) is 11.1 Å². The maximum absolute atomic E-state index is 13.4. The minimum Gasteiger partial charge on any atom is -0.341 e. The van der Waals surface area contributed by atoms with Crippen molar-refractivity contribution in [1.82, 2.24) is 25.0 Å². The van der Waals surface area contributed by atoms with Crippen LogP contribution in [0.4, 0.5) is 0 Å². The van der Waals surface area contributed by atoms with Crippen LogP contribution >= 0.6 is 0 Å². The second-order valence-corrected chi connectivity index (χ2v) is 8.18. The van der Waals surface area contributed by atoms with Gasteiger partial charge in [0.25, 0.3) is 11.5 Å². The predicted molar refractivity (Wildman–Crippen MR) is 124 cm³/mol. The van der Waals surface area contributed by atoms with Crippen LogP contribution in [0.25, 0.3) is 11.1 Å².